The Morgan fingerprint density at radius 1 is 1.40 bits per heavy atom. The molecular weight excluding hydrogens is 252 g/mol. The summed E-state index contributed by atoms with van der Waals surface area (Å²) in [5.74, 6) is 0. The highest BCUT2D eigenvalue weighted by Crippen LogP contribution is 2.21. The van der Waals surface area contributed by atoms with Gasteiger partial charge in [-0.05, 0) is 38.0 Å². The normalized spacial score (nSPS) is 12.5. The summed E-state index contributed by atoms with van der Waals surface area (Å²) in [6.07, 6.45) is 0. The van der Waals surface area contributed by atoms with Crippen LogP contribution >= 0.6 is 15.9 Å². The van der Waals surface area contributed by atoms with E-state index in [4.69, 9.17) is 5.26 Å². The molecule has 1 unspecified atom stereocenters. The van der Waals surface area contributed by atoms with Crippen LogP contribution in [-0.4, -0.2) is 6.04 Å². The van der Waals surface area contributed by atoms with Gasteiger partial charge in [-0.1, -0.05) is 28.1 Å². The molecule has 1 N–H and O–H groups in total. The highest BCUT2D eigenvalue weighted by Gasteiger charge is 2.11. The number of hydrogen-bond acceptors (Lipinski definition) is 2. The molecule has 1 aromatic carbocycles. The van der Waals surface area contributed by atoms with Gasteiger partial charge < -0.3 is 0 Å². The van der Waals surface area contributed by atoms with E-state index in [1.54, 1.807) is 0 Å². The molecule has 1 aromatic rings. The summed E-state index contributed by atoms with van der Waals surface area (Å²) in [4.78, 5) is 0. The molecule has 0 saturated carbocycles. The zero-order valence-corrected chi connectivity index (χ0v) is 10.8. The van der Waals surface area contributed by atoms with Gasteiger partial charge >= 0.3 is 0 Å². The Balaban J connectivity index is 2.94. The lowest BCUT2D eigenvalue weighted by atomic mass is 10.1. The van der Waals surface area contributed by atoms with Crippen molar-refractivity contribution in [3.8, 4) is 6.07 Å². The Labute approximate surface area is 99.4 Å². The molecule has 0 amide bonds. The number of benzene rings is 1. The van der Waals surface area contributed by atoms with Gasteiger partial charge in [0, 0.05) is 10.5 Å². The molecule has 0 aliphatic rings. The molecule has 0 heterocycles. The summed E-state index contributed by atoms with van der Waals surface area (Å²) in [6.45, 7) is 6.10. The highest BCUT2D eigenvalue weighted by atomic mass is 79.9. The van der Waals surface area contributed by atoms with E-state index >= 15 is 0 Å². The van der Waals surface area contributed by atoms with Gasteiger partial charge in [0.05, 0.1) is 6.07 Å². The summed E-state index contributed by atoms with van der Waals surface area (Å²) in [5, 5.41) is 12.3. The maximum Gasteiger partial charge on any atom is 0.121 e. The zero-order valence-electron chi connectivity index (χ0n) is 9.21. The molecule has 2 nitrogen and oxygen atoms in total. The molecule has 0 aliphatic carbocycles. The first-order chi connectivity index (χ1) is 7.04. The molecule has 0 aliphatic heterocycles. The van der Waals surface area contributed by atoms with Crippen LogP contribution in [0.2, 0.25) is 0 Å². The van der Waals surface area contributed by atoms with E-state index in [9.17, 15) is 0 Å². The summed E-state index contributed by atoms with van der Waals surface area (Å²) in [5.41, 5.74) is 2.18. The third kappa shape index (κ3) is 3.33. The van der Waals surface area contributed by atoms with Crippen molar-refractivity contribution >= 4 is 15.9 Å². The van der Waals surface area contributed by atoms with E-state index in [1.165, 1.54) is 5.56 Å². The molecule has 0 saturated heterocycles. The molecule has 0 radical (unpaired) electrons. The highest BCUT2D eigenvalue weighted by molar-refractivity contribution is 9.10. The predicted molar refractivity (Wildman–Crippen MR) is 65.5 cm³/mol. The number of nitriles is 1. The molecule has 1 atom stereocenters. The third-order valence-corrected chi connectivity index (χ3v) is 3.01. The summed E-state index contributed by atoms with van der Waals surface area (Å²) in [7, 11) is 0. The second-order valence-electron chi connectivity index (χ2n) is 3.89. The lowest BCUT2D eigenvalue weighted by Crippen LogP contribution is -2.27. The second kappa shape index (κ2) is 5.29. The van der Waals surface area contributed by atoms with Crippen LogP contribution in [-0.2, 0) is 0 Å². The Kier molecular flexibility index (Phi) is 4.31. The van der Waals surface area contributed by atoms with Crippen LogP contribution in [0.5, 0.6) is 0 Å². The van der Waals surface area contributed by atoms with Crippen molar-refractivity contribution in [2.45, 2.75) is 32.9 Å². The maximum atomic E-state index is 9.06. The zero-order chi connectivity index (χ0) is 11.4. The number of nitrogens with one attached hydrogen (secondary N) is 1. The molecule has 1 rings (SSSR count). The number of rotatable bonds is 3. The van der Waals surface area contributed by atoms with Crippen LogP contribution < -0.4 is 5.32 Å². The number of aryl methyl sites for hydroxylation is 1. The van der Waals surface area contributed by atoms with Gasteiger partial charge in [-0.3, -0.25) is 5.32 Å². The first kappa shape index (κ1) is 12.2. The lowest BCUT2D eigenvalue weighted by Gasteiger charge is -2.15. The molecule has 0 spiro atoms. The molecule has 0 fully saturated rings. The smallest absolute Gasteiger partial charge is 0.121 e. The average molecular weight is 267 g/mol. The quantitative estimate of drug-likeness (QED) is 0.911. The van der Waals surface area contributed by atoms with Crippen LogP contribution in [0.15, 0.2) is 22.7 Å². The van der Waals surface area contributed by atoms with Crippen molar-refractivity contribution in [2.24, 2.45) is 0 Å². The molecule has 15 heavy (non-hydrogen) atoms. The minimum Gasteiger partial charge on any atom is -0.296 e. The second-order valence-corrected chi connectivity index (χ2v) is 4.75. The average Bonchev–Trinajstić information content (AvgIpc) is 2.18. The number of halogens is 1. The van der Waals surface area contributed by atoms with E-state index < -0.39 is 0 Å². The molecule has 80 valence electrons. The van der Waals surface area contributed by atoms with Gasteiger partial charge in [0.25, 0.3) is 0 Å². The predicted octanol–water partition coefficient (Wildman–Crippen LogP) is 3.32. The minimum atomic E-state index is -0.234. The third-order valence-electron chi connectivity index (χ3n) is 2.16. The van der Waals surface area contributed by atoms with Crippen LogP contribution in [0.4, 0.5) is 0 Å². The van der Waals surface area contributed by atoms with Crippen molar-refractivity contribution in [2.75, 3.05) is 0 Å². The fourth-order valence-corrected chi connectivity index (χ4v) is 1.73. The van der Waals surface area contributed by atoms with E-state index in [0.717, 1.165) is 10.0 Å². The fourth-order valence-electron chi connectivity index (χ4n) is 1.33. The standard InChI is InChI=1S/C12H15BrN2/c1-8(2)15-12(7-14)10-5-4-9(3)11(13)6-10/h4-6,8,12,15H,1-3H3. The number of nitrogens with zero attached hydrogens (tertiary/aromatic N) is 1. The monoisotopic (exact) mass is 266 g/mol. The van der Waals surface area contributed by atoms with Crippen molar-refractivity contribution in [1.82, 2.24) is 5.32 Å². The van der Waals surface area contributed by atoms with Gasteiger partial charge in [0.2, 0.25) is 0 Å². The fraction of sp³-hybridized carbons (Fsp3) is 0.417. The minimum absolute atomic E-state index is 0.234. The Morgan fingerprint density at radius 3 is 2.53 bits per heavy atom. The summed E-state index contributed by atoms with van der Waals surface area (Å²) < 4.78 is 1.05. The Bertz CT molecular complexity index is 380. The topological polar surface area (TPSA) is 35.8 Å². The lowest BCUT2D eigenvalue weighted by molar-refractivity contribution is 0.546. The van der Waals surface area contributed by atoms with Gasteiger partial charge in [0.15, 0.2) is 0 Å². The van der Waals surface area contributed by atoms with E-state index in [-0.39, 0.29) is 6.04 Å². The molecule has 0 aromatic heterocycles. The molecule has 3 heteroatoms. The van der Waals surface area contributed by atoms with Crippen LogP contribution in [0.25, 0.3) is 0 Å². The van der Waals surface area contributed by atoms with Crippen molar-refractivity contribution in [3.05, 3.63) is 33.8 Å². The Morgan fingerprint density at radius 2 is 2.07 bits per heavy atom. The van der Waals surface area contributed by atoms with Crippen molar-refractivity contribution < 1.29 is 0 Å². The molecular formula is C12H15BrN2. The summed E-state index contributed by atoms with van der Waals surface area (Å²) >= 11 is 3.47. The van der Waals surface area contributed by atoms with E-state index in [1.807, 2.05) is 39.0 Å². The Hall–Kier alpha value is -0.850. The van der Waals surface area contributed by atoms with Gasteiger partial charge in [-0.25, -0.2) is 0 Å². The van der Waals surface area contributed by atoms with Crippen LogP contribution in [0.3, 0.4) is 0 Å². The van der Waals surface area contributed by atoms with Crippen molar-refractivity contribution in [3.63, 3.8) is 0 Å². The first-order valence-corrected chi connectivity index (χ1v) is 5.75. The van der Waals surface area contributed by atoms with Crippen LogP contribution in [0, 0.1) is 18.3 Å². The van der Waals surface area contributed by atoms with Crippen LogP contribution in [0.1, 0.15) is 31.0 Å². The van der Waals surface area contributed by atoms with Gasteiger partial charge in [-0.15, -0.1) is 0 Å². The molecule has 0 bridgehead atoms. The van der Waals surface area contributed by atoms with E-state index in [2.05, 4.69) is 27.3 Å². The van der Waals surface area contributed by atoms with Gasteiger partial charge in [-0.2, -0.15) is 5.26 Å². The maximum absolute atomic E-state index is 9.06. The van der Waals surface area contributed by atoms with E-state index in [0.29, 0.717) is 6.04 Å². The van der Waals surface area contributed by atoms with Gasteiger partial charge in [0.1, 0.15) is 6.04 Å². The largest absolute Gasteiger partial charge is 0.296 e. The first-order valence-electron chi connectivity index (χ1n) is 4.96. The van der Waals surface area contributed by atoms with Crippen molar-refractivity contribution in [1.29, 1.82) is 5.26 Å². The number of hydrogen-bond donors (Lipinski definition) is 1. The SMILES string of the molecule is Cc1ccc(C(C#N)NC(C)C)cc1Br. The summed E-state index contributed by atoms with van der Waals surface area (Å²) in [6, 6.07) is 8.34.